The highest BCUT2D eigenvalue weighted by Crippen LogP contribution is 2.18. The van der Waals surface area contributed by atoms with Gasteiger partial charge in [0.2, 0.25) is 5.91 Å². The van der Waals surface area contributed by atoms with Gasteiger partial charge in [0.25, 0.3) is 0 Å². The van der Waals surface area contributed by atoms with Crippen LogP contribution in [0, 0.1) is 13.8 Å². The highest BCUT2D eigenvalue weighted by atomic mass is 16.1. The van der Waals surface area contributed by atoms with Crippen molar-refractivity contribution in [3.05, 3.63) is 29.3 Å². The molecule has 0 spiro atoms. The Morgan fingerprint density at radius 2 is 1.81 bits per heavy atom. The minimum absolute atomic E-state index is 0.0256. The average Bonchev–Trinajstić information content (AvgIpc) is 2.15. The van der Waals surface area contributed by atoms with Crippen molar-refractivity contribution in [2.24, 2.45) is 0 Å². The average molecular weight is 220 g/mol. The van der Waals surface area contributed by atoms with E-state index in [1.165, 1.54) is 0 Å². The zero-order chi connectivity index (χ0) is 12.1. The molecular weight excluding hydrogens is 200 g/mol. The highest BCUT2D eigenvalue weighted by molar-refractivity contribution is 5.81. The Labute approximate surface area is 97.2 Å². The number of anilines is 1. The number of amides is 1. The molecule has 0 saturated heterocycles. The summed E-state index contributed by atoms with van der Waals surface area (Å²) in [6.45, 7) is 8.31. The molecule has 0 unspecified atom stereocenters. The van der Waals surface area contributed by atoms with E-state index in [-0.39, 0.29) is 11.9 Å². The third kappa shape index (κ3) is 3.57. The van der Waals surface area contributed by atoms with Gasteiger partial charge < -0.3 is 10.6 Å². The van der Waals surface area contributed by atoms with E-state index in [1.807, 2.05) is 45.9 Å². The predicted molar refractivity (Wildman–Crippen MR) is 67.7 cm³/mol. The van der Waals surface area contributed by atoms with Gasteiger partial charge in [0.05, 0.1) is 6.54 Å². The first kappa shape index (κ1) is 12.6. The molecule has 0 fully saturated rings. The van der Waals surface area contributed by atoms with Gasteiger partial charge >= 0.3 is 0 Å². The SMILES string of the molecule is Cc1cccc(C)c1NCC(=O)NC(C)C. The van der Waals surface area contributed by atoms with E-state index in [0.29, 0.717) is 6.54 Å². The van der Waals surface area contributed by atoms with Crippen molar-refractivity contribution in [3.63, 3.8) is 0 Å². The smallest absolute Gasteiger partial charge is 0.239 e. The third-order valence-electron chi connectivity index (χ3n) is 2.36. The highest BCUT2D eigenvalue weighted by Gasteiger charge is 2.05. The number of hydrogen-bond acceptors (Lipinski definition) is 2. The summed E-state index contributed by atoms with van der Waals surface area (Å²) in [7, 11) is 0. The Morgan fingerprint density at radius 3 is 2.31 bits per heavy atom. The van der Waals surface area contributed by atoms with Crippen LogP contribution in [0.25, 0.3) is 0 Å². The second-order valence-corrected chi connectivity index (χ2v) is 4.34. The minimum Gasteiger partial charge on any atom is -0.376 e. The number of benzene rings is 1. The van der Waals surface area contributed by atoms with Crippen molar-refractivity contribution >= 4 is 11.6 Å². The van der Waals surface area contributed by atoms with Crippen molar-refractivity contribution in [1.29, 1.82) is 0 Å². The number of rotatable bonds is 4. The third-order valence-corrected chi connectivity index (χ3v) is 2.36. The van der Waals surface area contributed by atoms with Crippen LogP contribution in [0.3, 0.4) is 0 Å². The normalized spacial score (nSPS) is 10.3. The molecule has 0 saturated carbocycles. The number of para-hydroxylation sites is 1. The fourth-order valence-corrected chi connectivity index (χ4v) is 1.63. The molecule has 0 heterocycles. The molecule has 1 aromatic rings. The van der Waals surface area contributed by atoms with Gasteiger partial charge in [-0.1, -0.05) is 18.2 Å². The molecule has 2 N–H and O–H groups in total. The second-order valence-electron chi connectivity index (χ2n) is 4.34. The Balaban J connectivity index is 2.58. The lowest BCUT2D eigenvalue weighted by molar-refractivity contribution is -0.119. The summed E-state index contributed by atoms with van der Waals surface area (Å²) < 4.78 is 0. The van der Waals surface area contributed by atoms with Crippen molar-refractivity contribution < 1.29 is 4.79 Å². The van der Waals surface area contributed by atoms with Gasteiger partial charge in [-0.05, 0) is 38.8 Å². The van der Waals surface area contributed by atoms with E-state index in [1.54, 1.807) is 0 Å². The number of nitrogens with one attached hydrogen (secondary N) is 2. The van der Waals surface area contributed by atoms with E-state index in [9.17, 15) is 4.79 Å². The minimum atomic E-state index is 0.0256. The van der Waals surface area contributed by atoms with Crippen molar-refractivity contribution in [1.82, 2.24) is 5.32 Å². The van der Waals surface area contributed by atoms with Gasteiger partial charge in [0.15, 0.2) is 0 Å². The van der Waals surface area contributed by atoms with Gasteiger partial charge in [-0.3, -0.25) is 4.79 Å². The molecule has 1 aromatic carbocycles. The second kappa shape index (κ2) is 5.54. The molecule has 1 rings (SSSR count). The van der Waals surface area contributed by atoms with Gasteiger partial charge in [0.1, 0.15) is 0 Å². The molecule has 3 heteroatoms. The van der Waals surface area contributed by atoms with Crippen LogP contribution in [0.1, 0.15) is 25.0 Å². The van der Waals surface area contributed by atoms with Gasteiger partial charge in [-0.2, -0.15) is 0 Å². The van der Waals surface area contributed by atoms with E-state index >= 15 is 0 Å². The first-order valence-electron chi connectivity index (χ1n) is 5.60. The van der Waals surface area contributed by atoms with Gasteiger partial charge in [-0.15, -0.1) is 0 Å². The number of carbonyl (C=O) groups excluding carboxylic acids is 1. The summed E-state index contributed by atoms with van der Waals surface area (Å²) in [6, 6.07) is 6.28. The molecule has 0 atom stereocenters. The molecule has 88 valence electrons. The maximum atomic E-state index is 11.5. The van der Waals surface area contributed by atoms with Crippen molar-refractivity contribution in [2.45, 2.75) is 33.7 Å². The molecule has 0 aliphatic heterocycles. The standard InChI is InChI=1S/C13H20N2O/c1-9(2)15-12(16)8-14-13-10(3)6-5-7-11(13)4/h5-7,9,14H,8H2,1-4H3,(H,15,16). The Kier molecular flexibility index (Phi) is 4.35. The Bertz CT molecular complexity index is 352. The lowest BCUT2D eigenvalue weighted by Gasteiger charge is -2.13. The quantitative estimate of drug-likeness (QED) is 0.817. The van der Waals surface area contributed by atoms with Crippen molar-refractivity contribution in [2.75, 3.05) is 11.9 Å². The molecule has 0 aromatic heterocycles. The molecule has 1 amide bonds. The number of hydrogen-bond donors (Lipinski definition) is 2. The number of carbonyl (C=O) groups is 1. The summed E-state index contributed by atoms with van der Waals surface area (Å²) in [5.74, 6) is 0.0256. The zero-order valence-corrected chi connectivity index (χ0v) is 10.4. The summed E-state index contributed by atoms with van der Waals surface area (Å²) in [4.78, 5) is 11.5. The maximum Gasteiger partial charge on any atom is 0.239 e. The molecule has 0 aliphatic carbocycles. The largest absolute Gasteiger partial charge is 0.376 e. The molecule has 16 heavy (non-hydrogen) atoms. The first-order valence-corrected chi connectivity index (χ1v) is 5.60. The van der Waals surface area contributed by atoms with E-state index < -0.39 is 0 Å². The van der Waals surface area contributed by atoms with Crippen LogP contribution in [0.5, 0.6) is 0 Å². The molecule has 3 nitrogen and oxygen atoms in total. The van der Waals surface area contributed by atoms with Crippen LogP contribution in [-0.2, 0) is 4.79 Å². The Hall–Kier alpha value is -1.51. The first-order chi connectivity index (χ1) is 7.50. The molecular formula is C13H20N2O. The lowest BCUT2D eigenvalue weighted by Crippen LogP contribution is -2.35. The van der Waals surface area contributed by atoms with Crippen LogP contribution in [0.2, 0.25) is 0 Å². The zero-order valence-electron chi connectivity index (χ0n) is 10.4. The van der Waals surface area contributed by atoms with Gasteiger partial charge in [0, 0.05) is 11.7 Å². The summed E-state index contributed by atoms with van der Waals surface area (Å²) in [6.07, 6.45) is 0. The fourth-order valence-electron chi connectivity index (χ4n) is 1.63. The van der Waals surface area contributed by atoms with E-state index in [4.69, 9.17) is 0 Å². The van der Waals surface area contributed by atoms with Crippen LogP contribution < -0.4 is 10.6 Å². The van der Waals surface area contributed by atoms with E-state index in [0.717, 1.165) is 16.8 Å². The van der Waals surface area contributed by atoms with Crippen LogP contribution in [-0.4, -0.2) is 18.5 Å². The molecule has 0 aliphatic rings. The lowest BCUT2D eigenvalue weighted by atomic mass is 10.1. The summed E-state index contributed by atoms with van der Waals surface area (Å²) in [5, 5.41) is 6.02. The Morgan fingerprint density at radius 1 is 1.25 bits per heavy atom. The van der Waals surface area contributed by atoms with Crippen molar-refractivity contribution in [3.8, 4) is 0 Å². The van der Waals surface area contributed by atoms with Gasteiger partial charge in [-0.25, -0.2) is 0 Å². The summed E-state index contributed by atoms with van der Waals surface area (Å²) >= 11 is 0. The maximum absolute atomic E-state index is 11.5. The van der Waals surface area contributed by atoms with E-state index in [2.05, 4.69) is 10.6 Å². The monoisotopic (exact) mass is 220 g/mol. The summed E-state index contributed by atoms with van der Waals surface area (Å²) in [5.41, 5.74) is 3.39. The fraction of sp³-hybridized carbons (Fsp3) is 0.462. The molecule has 0 bridgehead atoms. The van der Waals surface area contributed by atoms with Crippen LogP contribution in [0.15, 0.2) is 18.2 Å². The number of aryl methyl sites for hydroxylation is 2. The predicted octanol–water partition coefficient (Wildman–Crippen LogP) is 2.24. The van der Waals surface area contributed by atoms with Crippen LogP contribution in [0.4, 0.5) is 5.69 Å². The molecule has 0 radical (unpaired) electrons. The topological polar surface area (TPSA) is 41.1 Å². The van der Waals surface area contributed by atoms with Crippen LogP contribution >= 0.6 is 0 Å².